The maximum absolute atomic E-state index is 10.9. The Hall–Kier alpha value is -2.07. The highest BCUT2D eigenvalue weighted by molar-refractivity contribution is 7.10. The number of aromatic nitrogens is 4. The molecule has 0 radical (unpaired) electrons. The monoisotopic (exact) mass is 269 g/mol. The van der Waals surface area contributed by atoms with Crippen molar-refractivity contribution in [2.24, 2.45) is 5.84 Å². The van der Waals surface area contributed by atoms with Crippen molar-refractivity contribution in [2.45, 2.75) is 20.4 Å². The molecule has 2 rings (SSSR count). The van der Waals surface area contributed by atoms with Crippen LogP contribution in [0.3, 0.4) is 0 Å². The molecular weight excluding hydrogens is 258 g/mol. The number of nitrogens with zero attached hydrogens (tertiary/aromatic N) is 5. The van der Waals surface area contributed by atoms with Gasteiger partial charge in [-0.2, -0.15) is 5.10 Å². The lowest BCUT2D eigenvalue weighted by Crippen LogP contribution is -2.11. The Morgan fingerprint density at radius 2 is 2.28 bits per heavy atom. The van der Waals surface area contributed by atoms with Gasteiger partial charge in [0, 0.05) is 11.5 Å². The lowest BCUT2D eigenvalue weighted by atomic mass is 10.3. The van der Waals surface area contributed by atoms with E-state index in [1.807, 2.05) is 0 Å². The highest BCUT2D eigenvalue weighted by Gasteiger charge is 2.22. The topological polar surface area (TPSA) is 125 Å². The van der Waals surface area contributed by atoms with Gasteiger partial charge in [-0.25, -0.2) is 5.84 Å². The van der Waals surface area contributed by atoms with E-state index in [-0.39, 0.29) is 12.2 Å². The van der Waals surface area contributed by atoms with E-state index in [1.54, 1.807) is 13.8 Å². The van der Waals surface area contributed by atoms with Crippen LogP contribution in [-0.4, -0.2) is 24.3 Å². The van der Waals surface area contributed by atoms with Crippen LogP contribution in [-0.2, 0) is 6.54 Å². The minimum atomic E-state index is -0.435. The van der Waals surface area contributed by atoms with Crippen molar-refractivity contribution >= 4 is 22.2 Å². The van der Waals surface area contributed by atoms with Gasteiger partial charge in [-0.1, -0.05) is 4.49 Å². The molecule has 18 heavy (non-hydrogen) atoms. The minimum Gasteiger partial charge on any atom is -0.313 e. The zero-order chi connectivity index (χ0) is 13.3. The third kappa shape index (κ3) is 2.02. The Bertz CT molecular complexity index is 590. The van der Waals surface area contributed by atoms with Gasteiger partial charge in [-0.15, -0.1) is 5.10 Å². The van der Waals surface area contributed by atoms with Gasteiger partial charge in [0.1, 0.15) is 22.1 Å². The molecule has 0 aliphatic rings. The Labute approximate surface area is 106 Å². The number of nitro groups is 1. The van der Waals surface area contributed by atoms with Crippen LogP contribution < -0.4 is 11.3 Å². The van der Waals surface area contributed by atoms with Gasteiger partial charge in [0.2, 0.25) is 0 Å². The summed E-state index contributed by atoms with van der Waals surface area (Å²) in [5, 5.41) is 19.5. The second-order valence-electron chi connectivity index (χ2n) is 3.63. The second kappa shape index (κ2) is 4.66. The summed E-state index contributed by atoms with van der Waals surface area (Å²) in [6.07, 6.45) is 0. The van der Waals surface area contributed by atoms with Crippen LogP contribution in [0.15, 0.2) is 0 Å². The molecular formula is C8H11N7O2S. The number of anilines is 1. The van der Waals surface area contributed by atoms with Crippen molar-refractivity contribution in [3.8, 4) is 0 Å². The van der Waals surface area contributed by atoms with Gasteiger partial charge in [0.05, 0.1) is 11.5 Å². The van der Waals surface area contributed by atoms with Crippen LogP contribution in [0.25, 0.3) is 0 Å². The van der Waals surface area contributed by atoms with Gasteiger partial charge in [-0.05, 0) is 13.8 Å². The minimum absolute atomic E-state index is 0.0282. The number of hydrogen-bond acceptors (Lipinski definition) is 8. The van der Waals surface area contributed by atoms with Crippen LogP contribution in [0.2, 0.25) is 0 Å². The Morgan fingerprint density at radius 3 is 2.83 bits per heavy atom. The fourth-order valence-electron chi connectivity index (χ4n) is 1.67. The molecule has 0 unspecified atom stereocenters. The van der Waals surface area contributed by atoms with E-state index in [2.05, 4.69) is 20.1 Å². The quantitative estimate of drug-likeness (QED) is 0.472. The highest BCUT2D eigenvalue weighted by atomic mass is 32.1. The molecule has 10 heteroatoms. The van der Waals surface area contributed by atoms with Crippen molar-refractivity contribution in [1.82, 2.24) is 19.4 Å². The molecule has 0 saturated heterocycles. The first kappa shape index (κ1) is 12.4. The first-order valence-electron chi connectivity index (χ1n) is 5.00. The highest BCUT2D eigenvalue weighted by Crippen LogP contribution is 2.24. The predicted molar refractivity (Wildman–Crippen MR) is 65.2 cm³/mol. The number of hydrogen-bond donors (Lipinski definition) is 2. The van der Waals surface area contributed by atoms with Crippen molar-refractivity contribution in [1.29, 1.82) is 0 Å². The number of nitrogens with two attached hydrogens (primary N) is 1. The predicted octanol–water partition coefficient (Wildman–Crippen LogP) is 0.594. The molecule has 0 fully saturated rings. The van der Waals surface area contributed by atoms with Gasteiger partial charge in [-0.3, -0.25) is 14.8 Å². The standard InChI is InChI=1S/C8H11N7O2S/c1-4-7(15(16)17)5(2)14(12-4)3-6-8(10-9)18-13-11-6/h10H,3,9H2,1-2H3. The van der Waals surface area contributed by atoms with Crippen LogP contribution in [0.1, 0.15) is 17.1 Å². The lowest BCUT2D eigenvalue weighted by molar-refractivity contribution is -0.386. The molecule has 0 spiro atoms. The summed E-state index contributed by atoms with van der Waals surface area (Å²) in [5.74, 6) is 5.31. The molecule has 2 heterocycles. The molecule has 0 amide bonds. The Kier molecular flexibility index (Phi) is 3.21. The maximum atomic E-state index is 10.9. The number of nitrogen functional groups attached to an aromatic ring is 1. The van der Waals surface area contributed by atoms with Gasteiger partial charge < -0.3 is 5.43 Å². The van der Waals surface area contributed by atoms with Crippen molar-refractivity contribution in [2.75, 3.05) is 5.43 Å². The van der Waals surface area contributed by atoms with E-state index in [0.29, 0.717) is 22.1 Å². The molecule has 2 aromatic rings. The molecule has 0 aromatic carbocycles. The van der Waals surface area contributed by atoms with Crippen molar-refractivity contribution in [3.63, 3.8) is 0 Å². The maximum Gasteiger partial charge on any atom is 0.312 e. The SMILES string of the molecule is Cc1nn(Cc2nnsc2NN)c(C)c1[N+](=O)[O-]. The van der Waals surface area contributed by atoms with Gasteiger partial charge in [0.25, 0.3) is 0 Å². The summed E-state index contributed by atoms with van der Waals surface area (Å²) >= 11 is 1.12. The van der Waals surface area contributed by atoms with E-state index in [4.69, 9.17) is 5.84 Å². The Morgan fingerprint density at radius 1 is 1.56 bits per heavy atom. The normalized spacial score (nSPS) is 10.6. The summed E-state index contributed by atoms with van der Waals surface area (Å²) in [6.45, 7) is 3.53. The molecule has 0 aliphatic carbocycles. The second-order valence-corrected chi connectivity index (χ2v) is 4.38. The fraction of sp³-hybridized carbons (Fsp3) is 0.375. The van der Waals surface area contributed by atoms with Gasteiger partial charge >= 0.3 is 5.69 Å². The molecule has 3 N–H and O–H groups in total. The van der Waals surface area contributed by atoms with Gasteiger partial charge in [0.15, 0.2) is 0 Å². The zero-order valence-electron chi connectivity index (χ0n) is 9.75. The summed E-state index contributed by atoms with van der Waals surface area (Å²) in [5.41, 5.74) is 3.96. The third-order valence-electron chi connectivity index (χ3n) is 2.51. The summed E-state index contributed by atoms with van der Waals surface area (Å²) in [6, 6.07) is 0. The number of rotatable bonds is 4. The first-order chi connectivity index (χ1) is 8.54. The van der Waals surface area contributed by atoms with E-state index in [9.17, 15) is 10.1 Å². The molecule has 0 atom stereocenters. The molecule has 9 nitrogen and oxygen atoms in total. The number of aryl methyl sites for hydroxylation is 1. The first-order valence-corrected chi connectivity index (χ1v) is 5.78. The van der Waals surface area contributed by atoms with Crippen molar-refractivity contribution in [3.05, 3.63) is 27.2 Å². The Balaban J connectivity index is 2.36. The zero-order valence-corrected chi connectivity index (χ0v) is 10.6. The smallest absolute Gasteiger partial charge is 0.312 e. The number of hydrazine groups is 1. The largest absolute Gasteiger partial charge is 0.313 e. The summed E-state index contributed by atoms with van der Waals surface area (Å²) in [7, 11) is 0. The van der Waals surface area contributed by atoms with Crippen LogP contribution in [0, 0.1) is 24.0 Å². The molecule has 0 saturated carbocycles. The molecule has 0 bridgehead atoms. The van der Waals surface area contributed by atoms with Crippen LogP contribution in [0.4, 0.5) is 10.7 Å². The number of nitrogens with one attached hydrogen (secondary N) is 1. The van der Waals surface area contributed by atoms with Crippen LogP contribution >= 0.6 is 11.5 Å². The molecule has 0 aliphatic heterocycles. The van der Waals surface area contributed by atoms with E-state index < -0.39 is 4.92 Å². The lowest BCUT2D eigenvalue weighted by Gasteiger charge is -2.02. The molecule has 2 aromatic heterocycles. The third-order valence-corrected chi connectivity index (χ3v) is 3.21. The van der Waals surface area contributed by atoms with Crippen LogP contribution in [0.5, 0.6) is 0 Å². The van der Waals surface area contributed by atoms with E-state index in [1.165, 1.54) is 4.68 Å². The average molecular weight is 269 g/mol. The van der Waals surface area contributed by atoms with E-state index in [0.717, 1.165) is 11.5 Å². The summed E-state index contributed by atoms with van der Waals surface area (Å²) in [4.78, 5) is 10.4. The van der Waals surface area contributed by atoms with E-state index >= 15 is 0 Å². The average Bonchev–Trinajstić information content (AvgIpc) is 2.84. The van der Waals surface area contributed by atoms with Crippen molar-refractivity contribution < 1.29 is 4.92 Å². The molecule has 96 valence electrons. The summed E-state index contributed by atoms with van der Waals surface area (Å²) < 4.78 is 5.28. The fourth-order valence-corrected chi connectivity index (χ4v) is 2.15.